The highest BCUT2D eigenvalue weighted by atomic mass is 16.5. The molecule has 7 nitrogen and oxygen atoms in total. The fourth-order valence-electron chi connectivity index (χ4n) is 4.53. The Morgan fingerprint density at radius 3 is 2.85 bits per heavy atom. The molecular formula is C20H30N4O3. The maximum Gasteiger partial charge on any atom is 0.267 e. The van der Waals surface area contributed by atoms with Crippen LogP contribution in [0, 0.1) is 0 Å². The molecule has 1 aliphatic carbocycles. The normalized spacial score (nSPS) is 24.1. The molecule has 3 heterocycles. The Hall–Kier alpha value is -1.73. The molecule has 0 bridgehead atoms. The van der Waals surface area contributed by atoms with Gasteiger partial charge in [-0.1, -0.05) is 0 Å². The number of nitrogens with zero attached hydrogens (tertiary/aromatic N) is 4. The number of rotatable bonds is 5. The second kappa shape index (κ2) is 8.52. The first kappa shape index (κ1) is 18.6. The largest absolute Gasteiger partial charge is 0.379 e. The van der Waals surface area contributed by atoms with E-state index in [-0.39, 0.29) is 11.5 Å². The lowest BCUT2D eigenvalue weighted by Gasteiger charge is -2.28. The molecule has 4 rings (SSSR count). The Morgan fingerprint density at radius 1 is 1.04 bits per heavy atom. The molecule has 1 amide bonds. The number of fused-ring (bicyclic) bond motifs is 1. The quantitative estimate of drug-likeness (QED) is 0.764. The Balaban J connectivity index is 1.38. The van der Waals surface area contributed by atoms with Gasteiger partial charge in [0.2, 0.25) is 5.91 Å². The van der Waals surface area contributed by atoms with E-state index in [1.807, 2.05) is 4.90 Å². The number of amides is 1. The first-order valence-corrected chi connectivity index (χ1v) is 10.4. The number of aryl methyl sites for hydroxylation is 2. The van der Waals surface area contributed by atoms with Gasteiger partial charge in [0.25, 0.3) is 5.56 Å². The number of carbonyl (C=O) groups is 1. The molecule has 0 radical (unpaired) electrons. The molecule has 27 heavy (non-hydrogen) atoms. The smallest absolute Gasteiger partial charge is 0.267 e. The summed E-state index contributed by atoms with van der Waals surface area (Å²) >= 11 is 0. The van der Waals surface area contributed by atoms with Gasteiger partial charge >= 0.3 is 0 Å². The van der Waals surface area contributed by atoms with E-state index in [2.05, 4.69) is 10.00 Å². The number of aromatic nitrogens is 2. The second-order valence-corrected chi connectivity index (χ2v) is 7.92. The Kier molecular flexibility index (Phi) is 5.88. The molecule has 2 saturated heterocycles. The van der Waals surface area contributed by atoms with Gasteiger partial charge in [-0.3, -0.25) is 14.5 Å². The molecule has 2 fully saturated rings. The van der Waals surface area contributed by atoms with Crippen LogP contribution in [0.15, 0.2) is 10.9 Å². The van der Waals surface area contributed by atoms with Crippen LogP contribution in [-0.2, 0) is 28.9 Å². The van der Waals surface area contributed by atoms with Gasteiger partial charge in [0, 0.05) is 31.7 Å². The summed E-state index contributed by atoms with van der Waals surface area (Å²) < 4.78 is 7.08. The van der Waals surface area contributed by atoms with E-state index in [4.69, 9.17) is 4.74 Å². The molecule has 3 aliphatic rings. The van der Waals surface area contributed by atoms with Crippen molar-refractivity contribution in [1.82, 2.24) is 19.6 Å². The monoisotopic (exact) mass is 374 g/mol. The average Bonchev–Trinajstić information content (AvgIpc) is 3.00. The van der Waals surface area contributed by atoms with Crippen molar-refractivity contribution >= 4 is 5.91 Å². The number of carbonyl (C=O) groups excluding carboxylic acids is 1. The van der Waals surface area contributed by atoms with E-state index >= 15 is 0 Å². The zero-order chi connectivity index (χ0) is 18.6. The minimum Gasteiger partial charge on any atom is -0.379 e. The SMILES string of the molecule is O=C1CCOCCN1CCN1CCCC1Cn1nc2c(cc1=O)CCCC2. The van der Waals surface area contributed by atoms with E-state index in [9.17, 15) is 9.59 Å². The van der Waals surface area contributed by atoms with E-state index < -0.39 is 0 Å². The highest BCUT2D eigenvalue weighted by Crippen LogP contribution is 2.20. The lowest BCUT2D eigenvalue weighted by molar-refractivity contribution is -0.130. The molecule has 0 saturated carbocycles. The maximum atomic E-state index is 12.5. The Bertz CT molecular complexity index is 732. The van der Waals surface area contributed by atoms with Crippen molar-refractivity contribution < 1.29 is 9.53 Å². The minimum absolute atomic E-state index is 0.0299. The molecule has 1 aromatic heterocycles. The van der Waals surface area contributed by atoms with E-state index in [0.29, 0.717) is 38.8 Å². The van der Waals surface area contributed by atoms with Gasteiger partial charge in [0.1, 0.15) is 0 Å². The van der Waals surface area contributed by atoms with Crippen LogP contribution in [0.25, 0.3) is 0 Å². The van der Waals surface area contributed by atoms with Gasteiger partial charge in [0.05, 0.1) is 31.9 Å². The third-order valence-electron chi connectivity index (χ3n) is 6.13. The third-order valence-corrected chi connectivity index (χ3v) is 6.13. The molecule has 0 spiro atoms. The minimum atomic E-state index is 0.0299. The van der Waals surface area contributed by atoms with Crippen molar-refractivity contribution in [3.8, 4) is 0 Å². The van der Waals surface area contributed by atoms with Gasteiger partial charge in [-0.2, -0.15) is 5.10 Å². The zero-order valence-electron chi connectivity index (χ0n) is 16.1. The van der Waals surface area contributed by atoms with Crippen LogP contribution in [0.5, 0.6) is 0 Å². The van der Waals surface area contributed by atoms with Crippen molar-refractivity contribution in [3.63, 3.8) is 0 Å². The van der Waals surface area contributed by atoms with Crippen molar-refractivity contribution in [3.05, 3.63) is 27.7 Å². The topological polar surface area (TPSA) is 67.7 Å². The van der Waals surface area contributed by atoms with Crippen LogP contribution in [0.3, 0.4) is 0 Å². The molecule has 7 heteroatoms. The molecule has 148 valence electrons. The zero-order valence-corrected chi connectivity index (χ0v) is 16.1. The summed E-state index contributed by atoms with van der Waals surface area (Å²) in [4.78, 5) is 29.0. The lowest BCUT2D eigenvalue weighted by atomic mass is 9.97. The fraction of sp³-hybridized carbons (Fsp3) is 0.750. The number of likely N-dealkylation sites (tertiary alicyclic amines) is 1. The van der Waals surface area contributed by atoms with Crippen LogP contribution in [0.4, 0.5) is 0 Å². The summed E-state index contributed by atoms with van der Waals surface area (Å²) in [7, 11) is 0. The van der Waals surface area contributed by atoms with Crippen LogP contribution in [-0.4, -0.2) is 70.9 Å². The molecule has 2 aliphatic heterocycles. The highest BCUT2D eigenvalue weighted by Gasteiger charge is 2.27. The van der Waals surface area contributed by atoms with Crippen LogP contribution >= 0.6 is 0 Å². The van der Waals surface area contributed by atoms with Gasteiger partial charge in [-0.05, 0) is 50.6 Å². The molecule has 1 unspecified atom stereocenters. The maximum absolute atomic E-state index is 12.5. The number of hydrogen-bond donors (Lipinski definition) is 0. The second-order valence-electron chi connectivity index (χ2n) is 7.92. The predicted octanol–water partition coefficient (Wildman–Crippen LogP) is 0.835. The van der Waals surface area contributed by atoms with Crippen LogP contribution in [0.2, 0.25) is 0 Å². The fourth-order valence-corrected chi connectivity index (χ4v) is 4.53. The summed E-state index contributed by atoms with van der Waals surface area (Å²) in [5.74, 6) is 0.191. The van der Waals surface area contributed by atoms with Crippen molar-refractivity contribution in [2.24, 2.45) is 0 Å². The van der Waals surface area contributed by atoms with Crippen molar-refractivity contribution in [1.29, 1.82) is 0 Å². The molecule has 0 N–H and O–H groups in total. The molecule has 0 aromatic carbocycles. The van der Waals surface area contributed by atoms with E-state index in [0.717, 1.165) is 63.0 Å². The highest BCUT2D eigenvalue weighted by molar-refractivity contribution is 5.76. The van der Waals surface area contributed by atoms with E-state index in [1.165, 1.54) is 6.42 Å². The number of hydrogen-bond acceptors (Lipinski definition) is 5. The lowest BCUT2D eigenvalue weighted by Crippen LogP contribution is -2.43. The first-order valence-electron chi connectivity index (χ1n) is 10.4. The average molecular weight is 374 g/mol. The van der Waals surface area contributed by atoms with Crippen LogP contribution in [0.1, 0.15) is 43.4 Å². The molecule has 1 aromatic rings. The van der Waals surface area contributed by atoms with Gasteiger partial charge in [-0.15, -0.1) is 0 Å². The predicted molar refractivity (Wildman–Crippen MR) is 102 cm³/mol. The van der Waals surface area contributed by atoms with Crippen LogP contribution < -0.4 is 5.56 Å². The van der Waals surface area contributed by atoms with Crippen molar-refractivity contribution in [2.45, 2.75) is 57.5 Å². The first-order chi connectivity index (χ1) is 13.2. The van der Waals surface area contributed by atoms with Crippen molar-refractivity contribution in [2.75, 3.05) is 39.4 Å². The summed E-state index contributed by atoms with van der Waals surface area (Å²) in [5.41, 5.74) is 2.29. The molecular weight excluding hydrogens is 344 g/mol. The Labute approximate surface area is 160 Å². The summed E-state index contributed by atoms with van der Waals surface area (Å²) in [6.45, 7) is 5.13. The van der Waals surface area contributed by atoms with E-state index in [1.54, 1.807) is 10.7 Å². The standard InChI is InChI=1S/C20H30N4O3/c25-19-7-12-27-13-11-23(19)10-9-22-8-3-5-17(22)15-24-20(26)14-16-4-1-2-6-18(16)21-24/h14,17H,1-13,15H2. The summed E-state index contributed by atoms with van der Waals surface area (Å²) in [6.07, 6.45) is 7.02. The summed E-state index contributed by atoms with van der Waals surface area (Å²) in [6, 6.07) is 2.13. The van der Waals surface area contributed by atoms with Gasteiger partial charge < -0.3 is 9.64 Å². The third kappa shape index (κ3) is 4.41. The summed E-state index contributed by atoms with van der Waals surface area (Å²) in [5, 5.41) is 4.68. The van der Waals surface area contributed by atoms with Gasteiger partial charge in [0.15, 0.2) is 0 Å². The number of ether oxygens (including phenoxy) is 1. The Morgan fingerprint density at radius 2 is 1.93 bits per heavy atom. The molecule has 1 atom stereocenters. The van der Waals surface area contributed by atoms with Gasteiger partial charge in [-0.25, -0.2) is 4.68 Å².